The van der Waals surface area contributed by atoms with Crippen molar-refractivity contribution in [3.63, 3.8) is 0 Å². The van der Waals surface area contributed by atoms with Crippen LogP contribution in [0.2, 0.25) is 0 Å². The van der Waals surface area contributed by atoms with Crippen LogP contribution in [0.15, 0.2) is 30.9 Å². The molecule has 0 aliphatic carbocycles. The van der Waals surface area contributed by atoms with E-state index in [0.717, 1.165) is 16.7 Å². The Labute approximate surface area is 118 Å². The first-order valence-corrected chi connectivity index (χ1v) is 6.27. The number of alkyl carbamates (subject to hydrolysis) is 1. The number of aryl methyl sites for hydroxylation is 2. The molecule has 1 aromatic carbocycles. The van der Waals surface area contributed by atoms with Crippen LogP contribution in [0, 0.1) is 13.8 Å². The zero-order valence-corrected chi connectivity index (χ0v) is 11.7. The van der Waals surface area contributed by atoms with Crippen LogP contribution in [0.1, 0.15) is 16.7 Å². The number of carbonyl (C=O) groups excluding carboxylic acids is 1. The predicted octanol–water partition coefficient (Wildman–Crippen LogP) is 2.21. The molecule has 2 N–H and O–H groups in total. The molecule has 1 rings (SSSR count). The highest BCUT2D eigenvalue weighted by molar-refractivity contribution is 5.80. The Kier molecular flexibility index (Phi) is 5.77. The first-order valence-electron chi connectivity index (χ1n) is 6.27. The number of carbonyl (C=O) groups is 2. The quantitative estimate of drug-likeness (QED) is 0.782. The molecule has 5 heteroatoms. The van der Waals surface area contributed by atoms with Crippen molar-refractivity contribution in [2.45, 2.75) is 26.3 Å². The van der Waals surface area contributed by atoms with Gasteiger partial charge in [-0.2, -0.15) is 0 Å². The zero-order chi connectivity index (χ0) is 15.1. The molecule has 1 amide bonds. The van der Waals surface area contributed by atoms with Crippen LogP contribution < -0.4 is 5.32 Å². The third kappa shape index (κ3) is 4.76. The molecule has 0 radical (unpaired) electrons. The van der Waals surface area contributed by atoms with Crippen molar-refractivity contribution in [1.29, 1.82) is 0 Å². The summed E-state index contributed by atoms with van der Waals surface area (Å²) in [7, 11) is 0. The van der Waals surface area contributed by atoms with Gasteiger partial charge in [0.1, 0.15) is 12.6 Å². The minimum atomic E-state index is -1.10. The lowest BCUT2D eigenvalue weighted by Gasteiger charge is -2.15. The van der Waals surface area contributed by atoms with Gasteiger partial charge in [0.05, 0.1) is 0 Å². The van der Waals surface area contributed by atoms with Crippen LogP contribution >= 0.6 is 0 Å². The van der Waals surface area contributed by atoms with Crippen molar-refractivity contribution in [2.24, 2.45) is 0 Å². The third-order valence-corrected chi connectivity index (χ3v) is 2.84. The Hall–Kier alpha value is -2.30. The molecule has 0 bridgehead atoms. The second-order valence-electron chi connectivity index (χ2n) is 4.56. The molecule has 1 unspecified atom stereocenters. The third-order valence-electron chi connectivity index (χ3n) is 2.84. The SMILES string of the molecule is C=CCOC(=O)NC(Cc1ccc(C)cc1C)C(=O)O. The van der Waals surface area contributed by atoms with Crippen molar-refractivity contribution >= 4 is 12.1 Å². The molecule has 1 atom stereocenters. The van der Waals surface area contributed by atoms with Crippen molar-refractivity contribution in [3.05, 3.63) is 47.5 Å². The lowest BCUT2D eigenvalue weighted by atomic mass is 9.99. The summed E-state index contributed by atoms with van der Waals surface area (Å²) in [6.07, 6.45) is 0.867. The number of rotatable bonds is 6. The highest BCUT2D eigenvalue weighted by Crippen LogP contribution is 2.13. The van der Waals surface area contributed by atoms with E-state index in [1.54, 1.807) is 0 Å². The molecule has 0 heterocycles. The summed E-state index contributed by atoms with van der Waals surface area (Å²) < 4.78 is 4.73. The van der Waals surface area contributed by atoms with Gasteiger partial charge in [0.2, 0.25) is 0 Å². The lowest BCUT2D eigenvalue weighted by molar-refractivity contribution is -0.139. The lowest BCUT2D eigenvalue weighted by Crippen LogP contribution is -2.42. The summed E-state index contributed by atoms with van der Waals surface area (Å²) in [5.41, 5.74) is 2.99. The number of hydrogen-bond donors (Lipinski definition) is 2. The van der Waals surface area contributed by atoms with Gasteiger partial charge in [-0.1, -0.05) is 36.4 Å². The summed E-state index contributed by atoms with van der Waals surface area (Å²) in [5.74, 6) is -1.10. The highest BCUT2D eigenvalue weighted by atomic mass is 16.5. The molecular formula is C15H19NO4. The molecule has 0 spiro atoms. The first-order chi connectivity index (χ1) is 9.43. The zero-order valence-electron chi connectivity index (χ0n) is 11.7. The Morgan fingerprint density at radius 1 is 1.45 bits per heavy atom. The fraction of sp³-hybridized carbons (Fsp3) is 0.333. The number of nitrogens with one attached hydrogen (secondary N) is 1. The summed E-state index contributed by atoms with van der Waals surface area (Å²) in [5, 5.41) is 11.5. The monoisotopic (exact) mass is 277 g/mol. The van der Waals surface area contributed by atoms with E-state index < -0.39 is 18.1 Å². The fourth-order valence-corrected chi connectivity index (χ4v) is 1.81. The topological polar surface area (TPSA) is 75.6 Å². The summed E-state index contributed by atoms with van der Waals surface area (Å²) in [4.78, 5) is 22.6. The number of aliphatic carboxylic acids is 1. The largest absolute Gasteiger partial charge is 0.480 e. The van der Waals surface area contributed by atoms with Gasteiger partial charge in [-0.3, -0.25) is 0 Å². The smallest absolute Gasteiger partial charge is 0.408 e. The van der Waals surface area contributed by atoms with Gasteiger partial charge >= 0.3 is 12.1 Å². The Balaban J connectivity index is 2.74. The van der Waals surface area contributed by atoms with E-state index in [2.05, 4.69) is 11.9 Å². The first kappa shape index (κ1) is 15.8. The van der Waals surface area contributed by atoms with Crippen LogP contribution in [0.3, 0.4) is 0 Å². The average molecular weight is 277 g/mol. The molecule has 0 fully saturated rings. The van der Waals surface area contributed by atoms with Crippen molar-refractivity contribution in [2.75, 3.05) is 6.61 Å². The van der Waals surface area contributed by atoms with Gasteiger partial charge in [-0.05, 0) is 25.0 Å². The van der Waals surface area contributed by atoms with Crippen LogP contribution in [0.25, 0.3) is 0 Å². The fourth-order valence-electron chi connectivity index (χ4n) is 1.81. The molecule has 108 valence electrons. The normalized spacial score (nSPS) is 11.5. The van der Waals surface area contributed by atoms with Crippen molar-refractivity contribution < 1.29 is 19.4 Å². The Bertz CT molecular complexity index is 511. The van der Waals surface area contributed by atoms with Crippen molar-refractivity contribution in [1.82, 2.24) is 5.32 Å². The molecule has 20 heavy (non-hydrogen) atoms. The molecule has 0 saturated heterocycles. The molecule has 0 aliphatic heterocycles. The van der Waals surface area contributed by atoms with E-state index >= 15 is 0 Å². The van der Waals surface area contributed by atoms with Crippen molar-refractivity contribution in [3.8, 4) is 0 Å². The van der Waals surface area contributed by atoms with E-state index in [-0.39, 0.29) is 13.0 Å². The number of carboxylic acids is 1. The number of ether oxygens (including phenoxy) is 1. The average Bonchev–Trinajstić information content (AvgIpc) is 2.38. The number of carboxylic acid groups (broad SMARTS) is 1. The van der Waals surface area contributed by atoms with Gasteiger partial charge in [-0.15, -0.1) is 0 Å². The number of benzene rings is 1. The van der Waals surface area contributed by atoms with Gasteiger partial charge < -0.3 is 15.2 Å². The minimum absolute atomic E-state index is 0.0434. The van der Waals surface area contributed by atoms with Gasteiger partial charge in [0.25, 0.3) is 0 Å². The predicted molar refractivity (Wildman–Crippen MR) is 75.7 cm³/mol. The summed E-state index contributed by atoms with van der Waals surface area (Å²) in [6.45, 7) is 7.34. The van der Waals surface area contributed by atoms with E-state index in [4.69, 9.17) is 9.84 Å². The van der Waals surface area contributed by atoms with Gasteiger partial charge in [0, 0.05) is 6.42 Å². The minimum Gasteiger partial charge on any atom is -0.480 e. The summed E-state index contributed by atoms with van der Waals surface area (Å²) in [6, 6.07) is 4.74. The maximum absolute atomic E-state index is 11.4. The van der Waals surface area contributed by atoms with E-state index in [0.29, 0.717) is 0 Å². The van der Waals surface area contributed by atoms with E-state index in [1.165, 1.54) is 6.08 Å². The Morgan fingerprint density at radius 2 is 2.15 bits per heavy atom. The molecule has 5 nitrogen and oxygen atoms in total. The molecule has 0 aromatic heterocycles. The van der Waals surface area contributed by atoms with E-state index in [1.807, 2.05) is 32.0 Å². The van der Waals surface area contributed by atoms with Gasteiger partial charge in [-0.25, -0.2) is 9.59 Å². The Morgan fingerprint density at radius 3 is 2.70 bits per heavy atom. The van der Waals surface area contributed by atoms with E-state index in [9.17, 15) is 9.59 Å². The number of amides is 1. The second-order valence-corrected chi connectivity index (χ2v) is 4.56. The van der Waals surface area contributed by atoms with Crippen LogP contribution in [-0.4, -0.2) is 29.8 Å². The highest BCUT2D eigenvalue weighted by Gasteiger charge is 2.21. The van der Waals surface area contributed by atoms with Crippen LogP contribution in [0.4, 0.5) is 4.79 Å². The summed E-state index contributed by atoms with van der Waals surface area (Å²) >= 11 is 0. The van der Waals surface area contributed by atoms with Gasteiger partial charge in [0.15, 0.2) is 0 Å². The molecule has 1 aromatic rings. The molecular weight excluding hydrogens is 258 g/mol. The standard InChI is InChI=1S/C15H19NO4/c1-4-7-20-15(19)16-13(14(17)18)9-12-6-5-10(2)8-11(12)3/h4-6,8,13H,1,7,9H2,2-3H3,(H,16,19)(H,17,18). The molecule has 0 saturated carbocycles. The maximum atomic E-state index is 11.4. The van der Waals surface area contributed by atoms with Crippen LogP contribution in [-0.2, 0) is 16.0 Å². The maximum Gasteiger partial charge on any atom is 0.408 e. The number of hydrogen-bond acceptors (Lipinski definition) is 3. The van der Waals surface area contributed by atoms with Crippen LogP contribution in [0.5, 0.6) is 0 Å². The second kappa shape index (κ2) is 7.33. The molecule has 0 aliphatic rings.